The maximum Gasteiger partial charge on any atom is 0.127 e. The van der Waals surface area contributed by atoms with E-state index in [0.29, 0.717) is 6.61 Å². The van der Waals surface area contributed by atoms with Crippen molar-refractivity contribution in [2.75, 3.05) is 6.61 Å². The zero-order chi connectivity index (χ0) is 17.1. The van der Waals surface area contributed by atoms with Crippen LogP contribution in [0.3, 0.4) is 0 Å². The van der Waals surface area contributed by atoms with E-state index in [4.69, 9.17) is 9.47 Å². The van der Waals surface area contributed by atoms with Crippen LogP contribution in [-0.2, 0) is 6.61 Å². The first-order chi connectivity index (χ1) is 12.3. The molecule has 1 aliphatic heterocycles. The Bertz CT molecular complexity index is 830. The zero-order valence-corrected chi connectivity index (χ0v) is 13.8. The van der Waals surface area contributed by atoms with Gasteiger partial charge in [-0.15, -0.1) is 0 Å². The normalized spacial score (nSPS) is 18.9. The summed E-state index contributed by atoms with van der Waals surface area (Å²) in [5.74, 6) is 1.48. The Morgan fingerprint density at radius 1 is 0.920 bits per heavy atom. The summed E-state index contributed by atoms with van der Waals surface area (Å²) in [5.41, 5.74) is 3.22. The topological polar surface area (TPSA) is 38.7 Å². The van der Waals surface area contributed by atoms with Crippen molar-refractivity contribution in [3.05, 3.63) is 95.6 Å². The quantitative estimate of drug-likeness (QED) is 0.780. The van der Waals surface area contributed by atoms with Gasteiger partial charge in [-0.1, -0.05) is 66.7 Å². The summed E-state index contributed by atoms with van der Waals surface area (Å²) in [6, 6.07) is 26.0. The molecule has 0 unspecified atom stereocenters. The fourth-order valence-electron chi connectivity index (χ4n) is 3.27. The van der Waals surface area contributed by atoms with Crippen LogP contribution in [0.4, 0.5) is 0 Å². The molecule has 0 aliphatic carbocycles. The molecule has 1 N–H and O–H groups in total. The first-order valence-corrected chi connectivity index (χ1v) is 8.48. The average Bonchev–Trinajstić information content (AvgIpc) is 2.68. The molecule has 3 aromatic rings. The summed E-state index contributed by atoms with van der Waals surface area (Å²) in [6.07, 6.45) is -0.550. The fraction of sp³-hybridized carbons (Fsp3) is 0.182. The second-order valence-corrected chi connectivity index (χ2v) is 6.24. The van der Waals surface area contributed by atoms with Crippen LogP contribution < -0.4 is 9.47 Å². The SMILES string of the molecule is O[C@@H]1COc2cc(OCc3ccccc3)ccc2[C@H]1c1ccccc1. The Balaban J connectivity index is 1.58. The zero-order valence-electron chi connectivity index (χ0n) is 13.8. The van der Waals surface area contributed by atoms with Crippen LogP contribution in [0.5, 0.6) is 11.5 Å². The predicted molar refractivity (Wildman–Crippen MR) is 97.0 cm³/mol. The Labute approximate surface area is 147 Å². The third-order valence-corrected chi connectivity index (χ3v) is 4.52. The van der Waals surface area contributed by atoms with E-state index in [1.807, 2.05) is 78.9 Å². The molecule has 0 saturated carbocycles. The first-order valence-electron chi connectivity index (χ1n) is 8.48. The van der Waals surface area contributed by atoms with Gasteiger partial charge in [-0.05, 0) is 17.2 Å². The minimum absolute atomic E-state index is 0.0758. The smallest absolute Gasteiger partial charge is 0.127 e. The van der Waals surface area contributed by atoms with Crippen molar-refractivity contribution in [3.8, 4) is 11.5 Å². The number of hydrogen-bond donors (Lipinski definition) is 1. The average molecular weight is 332 g/mol. The van der Waals surface area contributed by atoms with Gasteiger partial charge in [0.1, 0.15) is 24.7 Å². The van der Waals surface area contributed by atoms with Crippen molar-refractivity contribution < 1.29 is 14.6 Å². The Morgan fingerprint density at radius 3 is 2.40 bits per heavy atom. The van der Waals surface area contributed by atoms with Crippen molar-refractivity contribution in [1.82, 2.24) is 0 Å². The highest BCUT2D eigenvalue weighted by Crippen LogP contribution is 2.40. The second-order valence-electron chi connectivity index (χ2n) is 6.24. The summed E-state index contributed by atoms with van der Waals surface area (Å²) in [7, 11) is 0. The van der Waals surface area contributed by atoms with E-state index < -0.39 is 6.10 Å². The van der Waals surface area contributed by atoms with Crippen LogP contribution in [0, 0.1) is 0 Å². The number of aliphatic hydroxyl groups excluding tert-OH is 1. The van der Waals surface area contributed by atoms with Crippen LogP contribution in [0.1, 0.15) is 22.6 Å². The third kappa shape index (κ3) is 3.37. The Kier molecular flexibility index (Phi) is 4.40. The van der Waals surface area contributed by atoms with Crippen LogP contribution >= 0.6 is 0 Å². The van der Waals surface area contributed by atoms with Crippen LogP contribution in [0.25, 0.3) is 0 Å². The molecule has 1 heterocycles. The van der Waals surface area contributed by atoms with E-state index in [1.54, 1.807) is 0 Å². The van der Waals surface area contributed by atoms with Gasteiger partial charge in [0.15, 0.2) is 0 Å². The lowest BCUT2D eigenvalue weighted by Crippen LogP contribution is -2.31. The molecule has 2 atom stereocenters. The number of rotatable bonds is 4. The molecule has 0 fully saturated rings. The molecular weight excluding hydrogens is 312 g/mol. The van der Waals surface area contributed by atoms with Gasteiger partial charge in [-0.2, -0.15) is 0 Å². The molecular formula is C22H20O3. The van der Waals surface area contributed by atoms with Crippen LogP contribution in [0.15, 0.2) is 78.9 Å². The Hall–Kier alpha value is -2.78. The summed E-state index contributed by atoms with van der Waals surface area (Å²) in [4.78, 5) is 0. The standard InChI is InChI=1S/C22H20O3/c23-20-15-25-21-13-18(24-14-16-7-3-1-4-8-16)11-12-19(21)22(20)17-9-5-2-6-10-17/h1-13,20,22-23H,14-15H2/t20-,22-/m1/s1. The molecule has 0 saturated heterocycles. The van der Waals surface area contributed by atoms with Gasteiger partial charge in [0, 0.05) is 17.5 Å². The lowest BCUT2D eigenvalue weighted by molar-refractivity contribution is 0.0768. The van der Waals surface area contributed by atoms with E-state index in [0.717, 1.165) is 28.2 Å². The van der Waals surface area contributed by atoms with Crippen molar-refractivity contribution >= 4 is 0 Å². The Morgan fingerprint density at radius 2 is 1.64 bits per heavy atom. The molecule has 1 aliphatic rings. The van der Waals surface area contributed by atoms with Crippen LogP contribution in [0.2, 0.25) is 0 Å². The molecule has 0 bridgehead atoms. The number of fused-ring (bicyclic) bond motifs is 1. The fourth-order valence-corrected chi connectivity index (χ4v) is 3.27. The van der Waals surface area contributed by atoms with Crippen LogP contribution in [-0.4, -0.2) is 17.8 Å². The van der Waals surface area contributed by atoms with E-state index in [9.17, 15) is 5.11 Å². The number of aliphatic hydroxyl groups is 1. The monoisotopic (exact) mass is 332 g/mol. The predicted octanol–water partition coefficient (Wildman–Crippen LogP) is 4.15. The molecule has 126 valence electrons. The highest BCUT2D eigenvalue weighted by molar-refractivity contribution is 5.48. The van der Waals surface area contributed by atoms with Gasteiger partial charge >= 0.3 is 0 Å². The highest BCUT2D eigenvalue weighted by atomic mass is 16.5. The van der Waals surface area contributed by atoms with Gasteiger partial charge in [-0.3, -0.25) is 0 Å². The van der Waals surface area contributed by atoms with Crippen molar-refractivity contribution in [1.29, 1.82) is 0 Å². The second kappa shape index (κ2) is 6.99. The minimum Gasteiger partial charge on any atom is -0.490 e. The molecule has 3 heteroatoms. The summed E-state index contributed by atoms with van der Waals surface area (Å²) < 4.78 is 11.6. The molecule has 25 heavy (non-hydrogen) atoms. The molecule has 3 nitrogen and oxygen atoms in total. The van der Waals surface area contributed by atoms with Gasteiger partial charge in [-0.25, -0.2) is 0 Å². The van der Waals surface area contributed by atoms with Gasteiger partial charge < -0.3 is 14.6 Å². The lowest BCUT2D eigenvalue weighted by atomic mass is 9.85. The van der Waals surface area contributed by atoms with E-state index in [2.05, 4.69) is 0 Å². The highest BCUT2D eigenvalue weighted by Gasteiger charge is 2.31. The van der Waals surface area contributed by atoms with Crippen molar-refractivity contribution in [2.45, 2.75) is 18.6 Å². The molecule has 3 aromatic carbocycles. The van der Waals surface area contributed by atoms with Gasteiger partial charge in [0.2, 0.25) is 0 Å². The number of ether oxygens (including phenoxy) is 2. The lowest BCUT2D eigenvalue weighted by Gasteiger charge is -2.31. The van der Waals surface area contributed by atoms with Crippen molar-refractivity contribution in [2.24, 2.45) is 0 Å². The molecule has 0 aromatic heterocycles. The first kappa shape index (κ1) is 15.7. The molecule has 0 radical (unpaired) electrons. The number of hydrogen-bond acceptors (Lipinski definition) is 3. The van der Waals surface area contributed by atoms with E-state index in [1.165, 1.54) is 0 Å². The maximum atomic E-state index is 10.4. The maximum absolute atomic E-state index is 10.4. The number of benzene rings is 3. The van der Waals surface area contributed by atoms with E-state index in [-0.39, 0.29) is 12.5 Å². The summed E-state index contributed by atoms with van der Waals surface area (Å²) >= 11 is 0. The largest absolute Gasteiger partial charge is 0.490 e. The molecule has 0 spiro atoms. The van der Waals surface area contributed by atoms with Gasteiger partial charge in [0.25, 0.3) is 0 Å². The third-order valence-electron chi connectivity index (χ3n) is 4.52. The molecule has 4 rings (SSSR count). The summed E-state index contributed by atoms with van der Waals surface area (Å²) in [5, 5.41) is 10.4. The molecule has 0 amide bonds. The van der Waals surface area contributed by atoms with Crippen molar-refractivity contribution in [3.63, 3.8) is 0 Å². The van der Waals surface area contributed by atoms with E-state index >= 15 is 0 Å². The van der Waals surface area contributed by atoms with Gasteiger partial charge in [0.05, 0.1) is 6.10 Å². The summed E-state index contributed by atoms with van der Waals surface area (Å²) in [6.45, 7) is 0.805. The minimum atomic E-state index is -0.550.